The number of anilines is 1. The first-order valence-corrected chi connectivity index (χ1v) is 14.4. The minimum atomic E-state index is -4.17. The number of methoxy groups -OCH3 is 1. The Morgan fingerprint density at radius 2 is 1.49 bits per heavy atom. The maximum Gasteiger partial charge on any atom is 0.264 e. The first-order valence-electron chi connectivity index (χ1n) is 13.0. The standard InChI is InChI=1S/C30H37N3O5S/c1-6-26(30(35)31-7-2)32(20-24-16-12-22(3)13-17-24)29(34)21-33(27-10-8-9-11-28(27)38-5)39(36,37)25-18-14-23(4)15-19-25/h8-19,26H,6-7,20-21H2,1-5H3,(H,31,35)/t26-/m1/s1. The van der Waals surface area contributed by atoms with Crippen LogP contribution in [0.15, 0.2) is 77.7 Å². The lowest BCUT2D eigenvalue weighted by molar-refractivity contribution is -0.140. The number of likely N-dealkylation sites (N-methyl/N-ethyl adjacent to an activating group) is 1. The fraction of sp³-hybridized carbons (Fsp3) is 0.333. The van der Waals surface area contributed by atoms with Crippen LogP contribution in [0.4, 0.5) is 5.69 Å². The van der Waals surface area contributed by atoms with Crippen LogP contribution in [0.3, 0.4) is 0 Å². The van der Waals surface area contributed by atoms with Gasteiger partial charge in [0.05, 0.1) is 17.7 Å². The normalized spacial score (nSPS) is 11.9. The number of ether oxygens (including phenoxy) is 1. The number of aryl methyl sites for hydroxylation is 2. The SMILES string of the molecule is CCNC(=O)[C@@H](CC)N(Cc1ccc(C)cc1)C(=O)CN(c1ccccc1OC)S(=O)(=O)c1ccc(C)cc1. The van der Waals surface area contributed by atoms with E-state index in [0.717, 1.165) is 21.0 Å². The smallest absolute Gasteiger partial charge is 0.264 e. The number of nitrogens with zero attached hydrogens (tertiary/aromatic N) is 2. The van der Waals surface area contributed by atoms with E-state index in [1.807, 2.05) is 52.0 Å². The number of para-hydroxylation sites is 2. The van der Waals surface area contributed by atoms with Gasteiger partial charge in [0.15, 0.2) is 0 Å². The summed E-state index contributed by atoms with van der Waals surface area (Å²) in [5.41, 5.74) is 3.04. The summed E-state index contributed by atoms with van der Waals surface area (Å²) in [5, 5.41) is 2.81. The lowest BCUT2D eigenvalue weighted by Gasteiger charge is -2.33. The highest BCUT2D eigenvalue weighted by atomic mass is 32.2. The summed E-state index contributed by atoms with van der Waals surface area (Å²) in [7, 11) is -2.72. The highest BCUT2D eigenvalue weighted by Gasteiger charge is 2.34. The molecule has 3 rings (SSSR count). The summed E-state index contributed by atoms with van der Waals surface area (Å²) in [6.07, 6.45) is 0.364. The van der Waals surface area contributed by atoms with E-state index in [9.17, 15) is 18.0 Å². The van der Waals surface area contributed by atoms with Crippen LogP contribution in [0, 0.1) is 13.8 Å². The average molecular weight is 552 g/mol. The Morgan fingerprint density at radius 1 is 0.897 bits per heavy atom. The van der Waals surface area contributed by atoms with Gasteiger partial charge in [0.25, 0.3) is 10.0 Å². The molecule has 1 N–H and O–H groups in total. The number of carbonyl (C=O) groups excluding carboxylic acids is 2. The van der Waals surface area contributed by atoms with E-state index >= 15 is 0 Å². The van der Waals surface area contributed by atoms with Crippen molar-refractivity contribution in [3.8, 4) is 5.75 Å². The molecule has 0 unspecified atom stereocenters. The fourth-order valence-corrected chi connectivity index (χ4v) is 5.71. The molecule has 0 saturated heterocycles. The third-order valence-electron chi connectivity index (χ3n) is 6.45. The minimum Gasteiger partial charge on any atom is -0.495 e. The molecule has 0 heterocycles. The van der Waals surface area contributed by atoms with E-state index in [0.29, 0.717) is 18.7 Å². The number of hydrogen-bond donors (Lipinski definition) is 1. The Kier molecular flexibility index (Phi) is 10.1. The van der Waals surface area contributed by atoms with Gasteiger partial charge in [0, 0.05) is 13.1 Å². The number of sulfonamides is 1. The van der Waals surface area contributed by atoms with Gasteiger partial charge in [-0.3, -0.25) is 13.9 Å². The molecule has 39 heavy (non-hydrogen) atoms. The van der Waals surface area contributed by atoms with Gasteiger partial charge in [-0.2, -0.15) is 0 Å². The Morgan fingerprint density at radius 3 is 2.05 bits per heavy atom. The minimum absolute atomic E-state index is 0.0488. The summed E-state index contributed by atoms with van der Waals surface area (Å²) >= 11 is 0. The third-order valence-corrected chi connectivity index (χ3v) is 8.23. The summed E-state index contributed by atoms with van der Waals surface area (Å²) in [4.78, 5) is 28.6. The molecule has 0 fully saturated rings. The molecule has 208 valence electrons. The first-order chi connectivity index (χ1) is 18.6. The first kappa shape index (κ1) is 29.7. The summed E-state index contributed by atoms with van der Waals surface area (Å²) in [6.45, 7) is 7.53. The Labute approximate surface area is 231 Å². The van der Waals surface area contributed by atoms with Gasteiger partial charge in [-0.25, -0.2) is 8.42 Å². The topological polar surface area (TPSA) is 96.0 Å². The van der Waals surface area contributed by atoms with Gasteiger partial charge in [0.2, 0.25) is 11.8 Å². The molecule has 3 aromatic carbocycles. The van der Waals surface area contributed by atoms with Crippen molar-refractivity contribution < 1.29 is 22.7 Å². The molecule has 3 aromatic rings. The fourth-order valence-electron chi connectivity index (χ4n) is 4.29. The maximum atomic E-state index is 14.0. The van der Waals surface area contributed by atoms with Gasteiger partial charge in [-0.1, -0.05) is 66.6 Å². The zero-order chi connectivity index (χ0) is 28.6. The molecular formula is C30H37N3O5S. The summed E-state index contributed by atoms with van der Waals surface area (Å²) < 4.78 is 34.5. The number of nitrogens with one attached hydrogen (secondary N) is 1. The Balaban J connectivity index is 2.09. The van der Waals surface area contributed by atoms with E-state index < -0.39 is 28.5 Å². The predicted octanol–water partition coefficient (Wildman–Crippen LogP) is 4.45. The highest BCUT2D eigenvalue weighted by Crippen LogP contribution is 2.32. The molecule has 0 spiro atoms. The van der Waals surface area contributed by atoms with Crippen molar-refractivity contribution in [3.05, 3.63) is 89.5 Å². The summed E-state index contributed by atoms with van der Waals surface area (Å²) in [5.74, 6) is -0.484. The number of hydrogen-bond acceptors (Lipinski definition) is 5. The van der Waals surface area contributed by atoms with Crippen molar-refractivity contribution in [1.29, 1.82) is 0 Å². The van der Waals surface area contributed by atoms with Crippen LogP contribution in [0.1, 0.15) is 37.0 Å². The van der Waals surface area contributed by atoms with E-state index in [-0.39, 0.29) is 23.0 Å². The number of amides is 2. The van der Waals surface area contributed by atoms with Crippen LogP contribution in [0.5, 0.6) is 5.75 Å². The number of carbonyl (C=O) groups is 2. The predicted molar refractivity (Wildman–Crippen MR) is 153 cm³/mol. The maximum absolute atomic E-state index is 14.0. The van der Waals surface area contributed by atoms with Crippen molar-refractivity contribution in [3.63, 3.8) is 0 Å². The zero-order valence-electron chi connectivity index (χ0n) is 23.2. The molecular weight excluding hydrogens is 514 g/mol. The lowest BCUT2D eigenvalue weighted by Crippen LogP contribution is -2.52. The third kappa shape index (κ3) is 7.17. The molecule has 0 radical (unpaired) electrons. The van der Waals surface area contributed by atoms with E-state index in [4.69, 9.17) is 4.74 Å². The second-order valence-electron chi connectivity index (χ2n) is 9.32. The molecule has 0 aliphatic rings. The van der Waals surface area contributed by atoms with Gasteiger partial charge in [-0.05, 0) is 57.0 Å². The van der Waals surface area contributed by atoms with Gasteiger partial charge in [0.1, 0.15) is 18.3 Å². The molecule has 0 aliphatic heterocycles. The van der Waals surface area contributed by atoms with E-state index in [1.54, 1.807) is 36.4 Å². The van der Waals surface area contributed by atoms with Gasteiger partial charge in [-0.15, -0.1) is 0 Å². The Hall–Kier alpha value is -3.85. The van der Waals surface area contributed by atoms with E-state index in [1.165, 1.54) is 24.1 Å². The summed E-state index contributed by atoms with van der Waals surface area (Å²) in [6, 6.07) is 20.0. The van der Waals surface area contributed by atoms with Crippen molar-refractivity contribution in [2.75, 3.05) is 24.5 Å². The monoisotopic (exact) mass is 551 g/mol. The van der Waals surface area contributed by atoms with Crippen LogP contribution in [0.2, 0.25) is 0 Å². The van der Waals surface area contributed by atoms with Gasteiger partial charge >= 0.3 is 0 Å². The van der Waals surface area contributed by atoms with Crippen molar-refractivity contribution >= 4 is 27.5 Å². The highest BCUT2D eigenvalue weighted by molar-refractivity contribution is 7.92. The number of rotatable bonds is 12. The Bertz CT molecular complexity index is 1370. The van der Waals surface area contributed by atoms with E-state index in [2.05, 4.69) is 5.32 Å². The van der Waals surface area contributed by atoms with Crippen LogP contribution < -0.4 is 14.4 Å². The second kappa shape index (κ2) is 13.3. The molecule has 1 atom stereocenters. The van der Waals surface area contributed by atoms with Gasteiger partial charge < -0.3 is 15.0 Å². The molecule has 8 nitrogen and oxygen atoms in total. The van der Waals surface area contributed by atoms with Crippen LogP contribution >= 0.6 is 0 Å². The van der Waals surface area contributed by atoms with Crippen molar-refractivity contribution in [1.82, 2.24) is 10.2 Å². The lowest BCUT2D eigenvalue weighted by atomic mass is 10.1. The molecule has 9 heteroatoms. The second-order valence-corrected chi connectivity index (χ2v) is 11.2. The zero-order valence-corrected chi connectivity index (χ0v) is 24.0. The molecule has 0 aromatic heterocycles. The van der Waals surface area contributed by atoms with Crippen molar-refractivity contribution in [2.24, 2.45) is 0 Å². The van der Waals surface area contributed by atoms with Crippen LogP contribution in [0.25, 0.3) is 0 Å². The number of benzene rings is 3. The quantitative estimate of drug-likeness (QED) is 0.359. The largest absolute Gasteiger partial charge is 0.495 e. The molecule has 2 amide bonds. The van der Waals surface area contributed by atoms with Crippen molar-refractivity contribution in [2.45, 2.75) is 51.6 Å². The molecule has 0 bridgehead atoms. The molecule has 0 saturated carbocycles. The van der Waals surface area contributed by atoms with Crippen LogP contribution in [-0.2, 0) is 26.2 Å². The van der Waals surface area contributed by atoms with Crippen LogP contribution in [-0.4, -0.2) is 51.4 Å². The average Bonchev–Trinajstić information content (AvgIpc) is 2.93. The molecule has 0 aliphatic carbocycles.